The highest BCUT2D eigenvalue weighted by molar-refractivity contribution is 6.06. The third-order valence-corrected chi connectivity index (χ3v) is 4.55. The second-order valence-corrected chi connectivity index (χ2v) is 6.76. The molecule has 0 aliphatic carbocycles. The van der Waals surface area contributed by atoms with E-state index in [1.165, 1.54) is 0 Å². The van der Waals surface area contributed by atoms with Crippen LogP contribution in [0.1, 0.15) is 72.6 Å². The molecule has 0 fully saturated rings. The molecule has 6 nitrogen and oxygen atoms in total. The van der Waals surface area contributed by atoms with Gasteiger partial charge < -0.3 is 13.9 Å². The molecule has 0 radical (unpaired) electrons. The van der Waals surface area contributed by atoms with Gasteiger partial charge in [0.15, 0.2) is 0 Å². The summed E-state index contributed by atoms with van der Waals surface area (Å²) >= 11 is 0. The van der Waals surface area contributed by atoms with E-state index in [4.69, 9.17) is 13.9 Å². The maximum atomic E-state index is 12.4. The van der Waals surface area contributed by atoms with Gasteiger partial charge in [-0.25, -0.2) is 9.59 Å². The van der Waals surface area contributed by atoms with Crippen LogP contribution in [-0.4, -0.2) is 40.6 Å². The highest BCUT2D eigenvalue weighted by atomic mass is 28.2. The molecule has 0 heterocycles. The summed E-state index contributed by atoms with van der Waals surface area (Å²) in [6.07, 6.45) is 6.91. The molecule has 0 aliphatic heterocycles. The fraction of sp³-hybridized carbons (Fsp3) is 0.737. The summed E-state index contributed by atoms with van der Waals surface area (Å²) in [4.78, 5) is 36.3. The second-order valence-electron chi connectivity index (χ2n) is 6.35. The molecule has 0 aliphatic rings. The first-order valence-electron chi connectivity index (χ1n) is 9.56. The Labute approximate surface area is 160 Å². The van der Waals surface area contributed by atoms with Crippen LogP contribution in [0, 0.1) is 5.92 Å². The molecular weight excluding hydrogens is 352 g/mol. The topological polar surface area (TPSA) is 78.9 Å². The Morgan fingerprint density at radius 3 is 1.96 bits per heavy atom. The number of esters is 2. The largest absolute Gasteiger partial charge is 0.528 e. The Morgan fingerprint density at radius 1 is 0.923 bits per heavy atom. The minimum atomic E-state index is -0.907. The highest BCUT2D eigenvalue weighted by Gasteiger charge is 2.44. The first-order chi connectivity index (χ1) is 12.4. The zero-order chi connectivity index (χ0) is 20.0. The van der Waals surface area contributed by atoms with Crippen molar-refractivity contribution >= 4 is 28.4 Å². The normalized spacial score (nSPS) is 12.8. The van der Waals surface area contributed by atoms with Crippen molar-refractivity contribution in [2.75, 3.05) is 6.61 Å². The molecule has 0 aromatic rings. The van der Waals surface area contributed by atoms with E-state index in [1.807, 2.05) is 27.7 Å². The van der Waals surface area contributed by atoms with Gasteiger partial charge in [0.05, 0.1) is 12.5 Å². The van der Waals surface area contributed by atoms with E-state index in [2.05, 4.69) is 0 Å². The zero-order valence-corrected chi connectivity index (χ0v) is 18.8. The van der Waals surface area contributed by atoms with Crippen LogP contribution < -0.4 is 0 Å². The lowest BCUT2D eigenvalue weighted by molar-refractivity contribution is -0.172. The summed E-state index contributed by atoms with van der Waals surface area (Å²) in [6, 6.07) is 0. The van der Waals surface area contributed by atoms with Crippen LogP contribution in [0.3, 0.4) is 0 Å². The van der Waals surface area contributed by atoms with Crippen LogP contribution >= 0.6 is 0 Å². The number of carbonyl (C=O) groups is 3. The predicted molar refractivity (Wildman–Crippen MR) is 103 cm³/mol. The molecule has 26 heavy (non-hydrogen) atoms. The maximum Gasteiger partial charge on any atom is 0.331 e. The molecule has 1 unspecified atom stereocenters. The summed E-state index contributed by atoms with van der Waals surface area (Å²) in [5.74, 6) is -2.01. The standard InChI is InChI=1S/C19H34O6Si/c1-5-9-15(18(22)25-26)19(12-6-2,13-7-3)24-17(21)11-10-16(20)23-14-8-4/h10-11,15H,5-9,12-14H2,1-4,26H3/b11-10-. The van der Waals surface area contributed by atoms with Crippen LogP contribution in [0.25, 0.3) is 0 Å². The van der Waals surface area contributed by atoms with Gasteiger partial charge in [0, 0.05) is 12.2 Å². The summed E-state index contributed by atoms with van der Waals surface area (Å²) < 4.78 is 15.8. The third-order valence-electron chi connectivity index (χ3n) is 4.15. The molecule has 0 aromatic carbocycles. The van der Waals surface area contributed by atoms with Crippen LogP contribution in [0.15, 0.2) is 12.2 Å². The first-order valence-corrected chi connectivity index (χ1v) is 10.4. The second kappa shape index (κ2) is 13.6. The molecule has 150 valence electrons. The summed E-state index contributed by atoms with van der Waals surface area (Å²) in [5.41, 5.74) is -0.907. The molecule has 0 saturated carbocycles. The van der Waals surface area contributed by atoms with E-state index in [1.54, 1.807) is 0 Å². The van der Waals surface area contributed by atoms with E-state index in [0.29, 0.717) is 42.8 Å². The Kier molecular flexibility index (Phi) is 12.7. The fourth-order valence-corrected chi connectivity index (χ4v) is 3.43. The van der Waals surface area contributed by atoms with Crippen molar-refractivity contribution in [3.8, 4) is 0 Å². The molecule has 0 spiro atoms. The van der Waals surface area contributed by atoms with Crippen LogP contribution in [0.5, 0.6) is 0 Å². The molecule has 1 atom stereocenters. The lowest BCUT2D eigenvalue weighted by Crippen LogP contribution is -2.46. The van der Waals surface area contributed by atoms with Crippen molar-refractivity contribution in [1.82, 2.24) is 0 Å². The Balaban J connectivity index is 5.44. The van der Waals surface area contributed by atoms with E-state index in [-0.39, 0.29) is 5.97 Å². The van der Waals surface area contributed by atoms with E-state index in [0.717, 1.165) is 31.4 Å². The molecule has 7 heteroatoms. The van der Waals surface area contributed by atoms with Crippen LogP contribution in [-0.2, 0) is 28.3 Å². The Bertz CT molecular complexity index is 469. The van der Waals surface area contributed by atoms with Crippen molar-refractivity contribution in [1.29, 1.82) is 0 Å². The summed E-state index contributed by atoms with van der Waals surface area (Å²) in [7, 11) is 0.303. The average molecular weight is 387 g/mol. The van der Waals surface area contributed by atoms with Gasteiger partial charge in [-0.05, 0) is 25.7 Å². The van der Waals surface area contributed by atoms with Gasteiger partial charge in [-0.15, -0.1) is 0 Å². The number of carbonyl (C=O) groups excluding carboxylic acids is 3. The van der Waals surface area contributed by atoms with Crippen LogP contribution in [0.2, 0.25) is 0 Å². The zero-order valence-electron chi connectivity index (χ0n) is 16.8. The smallest absolute Gasteiger partial charge is 0.331 e. The van der Waals surface area contributed by atoms with Gasteiger partial charge in [0.1, 0.15) is 5.60 Å². The molecule has 0 bridgehead atoms. The number of ether oxygens (including phenoxy) is 2. The van der Waals surface area contributed by atoms with Crippen molar-refractivity contribution in [2.24, 2.45) is 5.92 Å². The lowest BCUT2D eigenvalue weighted by atomic mass is 9.77. The molecule has 0 amide bonds. The van der Waals surface area contributed by atoms with Gasteiger partial charge in [0.2, 0.25) is 10.5 Å². The minimum Gasteiger partial charge on any atom is -0.528 e. The van der Waals surface area contributed by atoms with E-state index < -0.39 is 23.5 Å². The van der Waals surface area contributed by atoms with Gasteiger partial charge in [-0.2, -0.15) is 0 Å². The molecule has 0 rings (SSSR count). The van der Waals surface area contributed by atoms with E-state index >= 15 is 0 Å². The molecule has 0 aromatic heterocycles. The summed E-state index contributed by atoms with van der Waals surface area (Å²) in [5, 5.41) is 0. The van der Waals surface area contributed by atoms with Crippen molar-refractivity contribution in [3.05, 3.63) is 12.2 Å². The van der Waals surface area contributed by atoms with Crippen molar-refractivity contribution in [3.63, 3.8) is 0 Å². The minimum absolute atomic E-state index is 0.303. The quantitative estimate of drug-likeness (QED) is 0.275. The third kappa shape index (κ3) is 8.16. The summed E-state index contributed by atoms with van der Waals surface area (Å²) in [6.45, 7) is 8.16. The number of hydrogen-bond acceptors (Lipinski definition) is 6. The number of rotatable bonds is 13. The Morgan fingerprint density at radius 2 is 1.50 bits per heavy atom. The SMILES string of the molecule is CCCOC(=O)/C=C\C(=O)OC(CCC)(CCC)C(CCC)C(=O)O[SiH3]. The molecule has 0 N–H and O–H groups in total. The lowest BCUT2D eigenvalue weighted by Gasteiger charge is -2.38. The Hall–Kier alpha value is -1.63. The van der Waals surface area contributed by atoms with Gasteiger partial charge in [-0.3, -0.25) is 4.79 Å². The first kappa shape index (κ1) is 24.4. The maximum absolute atomic E-state index is 12.4. The van der Waals surface area contributed by atoms with Gasteiger partial charge in [-0.1, -0.05) is 47.0 Å². The predicted octanol–water partition coefficient (Wildman–Crippen LogP) is 2.62. The van der Waals surface area contributed by atoms with Crippen molar-refractivity contribution < 1.29 is 28.3 Å². The highest BCUT2D eigenvalue weighted by Crippen LogP contribution is 2.36. The fourth-order valence-electron chi connectivity index (χ4n) is 3.14. The number of hydrogen-bond donors (Lipinski definition) is 0. The van der Waals surface area contributed by atoms with Gasteiger partial charge in [0.25, 0.3) is 5.97 Å². The van der Waals surface area contributed by atoms with Gasteiger partial charge >= 0.3 is 11.9 Å². The molecule has 0 saturated heterocycles. The average Bonchev–Trinajstić information content (AvgIpc) is 2.62. The monoisotopic (exact) mass is 386 g/mol. The van der Waals surface area contributed by atoms with E-state index in [9.17, 15) is 14.4 Å². The van der Waals surface area contributed by atoms with Crippen molar-refractivity contribution in [2.45, 2.75) is 78.2 Å². The van der Waals surface area contributed by atoms with Crippen LogP contribution in [0.4, 0.5) is 0 Å². The molecular formula is C19H34O6Si.